The first kappa shape index (κ1) is 21.8. The molecule has 1 saturated heterocycles. The quantitative estimate of drug-likeness (QED) is 0.519. The van der Waals surface area contributed by atoms with E-state index in [9.17, 15) is 0 Å². The molecule has 6 heteroatoms. The predicted octanol–water partition coefficient (Wildman–Crippen LogP) is 0.436. The van der Waals surface area contributed by atoms with Crippen LogP contribution in [0.2, 0.25) is 0 Å². The van der Waals surface area contributed by atoms with Gasteiger partial charge in [-0.1, -0.05) is 0 Å². The van der Waals surface area contributed by atoms with Crippen molar-refractivity contribution in [2.24, 2.45) is 0 Å². The summed E-state index contributed by atoms with van der Waals surface area (Å²) >= 11 is 0. The molecule has 1 fully saturated rings. The van der Waals surface area contributed by atoms with Gasteiger partial charge in [0, 0.05) is 32.5 Å². The maximum absolute atomic E-state index is 3.55. The topological polar surface area (TPSA) is 25.0 Å². The molecule has 0 aromatic rings. The largest absolute Gasteiger partial charge is 0.328 e. The molecule has 0 aromatic heterocycles. The van der Waals surface area contributed by atoms with E-state index in [0.29, 0.717) is 0 Å². The van der Waals surface area contributed by atoms with Gasteiger partial charge in [0.2, 0.25) is 0 Å². The molecule has 0 atom stereocenters. The molecular weight excluding hydrogens is 300 g/mol. The lowest BCUT2D eigenvalue weighted by Gasteiger charge is -2.37. The lowest BCUT2D eigenvalue weighted by Crippen LogP contribution is -2.54. The fourth-order valence-corrected chi connectivity index (χ4v) is 3.31. The molecule has 144 valence electrons. The van der Waals surface area contributed by atoms with E-state index < -0.39 is 0 Å². The van der Waals surface area contributed by atoms with Gasteiger partial charge in [-0.3, -0.25) is 15.1 Å². The second-order valence-corrected chi connectivity index (χ2v) is 8.55. The zero-order valence-electron chi connectivity index (χ0n) is 17.2. The van der Waals surface area contributed by atoms with Crippen molar-refractivity contribution in [1.82, 2.24) is 24.9 Å². The van der Waals surface area contributed by atoms with Crippen LogP contribution in [-0.2, 0) is 0 Å². The monoisotopic (exact) mass is 343 g/mol. The minimum Gasteiger partial charge on any atom is -0.328 e. The molecule has 1 N–H and O–H groups in total. The molecule has 0 aromatic carbocycles. The van der Waals surface area contributed by atoms with Crippen LogP contribution in [0, 0.1) is 0 Å². The van der Waals surface area contributed by atoms with Crippen LogP contribution in [0.5, 0.6) is 0 Å². The molecule has 1 heterocycles. The molecule has 0 aliphatic carbocycles. The lowest BCUT2D eigenvalue weighted by molar-refractivity contribution is -0.890. The minimum absolute atomic E-state index is 1.04. The van der Waals surface area contributed by atoms with Crippen molar-refractivity contribution in [2.45, 2.75) is 19.3 Å². The van der Waals surface area contributed by atoms with Gasteiger partial charge < -0.3 is 14.3 Å². The van der Waals surface area contributed by atoms with Gasteiger partial charge in [0.05, 0.1) is 47.2 Å². The predicted molar refractivity (Wildman–Crippen MR) is 104 cm³/mol. The van der Waals surface area contributed by atoms with Gasteiger partial charge >= 0.3 is 0 Å². The third-order valence-electron chi connectivity index (χ3n) is 4.76. The average molecular weight is 344 g/mol. The summed E-state index contributed by atoms with van der Waals surface area (Å²) in [6.45, 7) is 10.5. The minimum atomic E-state index is 1.04. The third kappa shape index (κ3) is 10.6. The highest BCUT2D eigenvalue weighted by Gasteiger charge is 2.19. The van der Waals surface area contributed by atoms with E-state index in [4.69, 9.17) is 0 Å². The highest BCUT2D eigenvalue weighted by atomic mass is 15.4. The van der Waals surface area contributed by atoms with E-state index >= 15 is 0 Å². The Morgan fingerprint density at radius 1 is 0.792 bits per heavy atom. The summed E-state index contributed by atoms with van der Waals surface area (Å²) in [7, 11) is 13.4. The Labute approximate surface area is 150 Å². The van der Waals surface area contributed by atoms with Gasteiger partial charge in [0.1, 0.15) is 0 Å². The Kier molecular flexibility index (Phi) is 10.3. The maximum Gasteiger partial charge on any atom is 0.0794 e. The van der Waals surface area contributed by atoms with Gasteiger partial charge in [-0.05, 0) is 41.2 Å². The second kappa shape index (κ2) is 11.4. The molecule has 6 nitrogen and oxygen atoms in total. The van der Waals surface area contributed by atoms with Crippen molar-refractivity contribution in [3.8, 4) is 0 Å². The van der Waals surface area contributed by atoms with Gasteiger partial charge in [0.15, 0.2) is 0 Å². The number of hydrogen-bond acceptors (Lipinski definition) is 5. The number of nitrogens with one attached hydrogen (secondary N) is 1. The summed E-state index contributed by atoms with van der Waals surface area (Å²) in [6.07, 6.45) is 3.81. The van der Waals surface area contributed by atoms with Gasteiger partial charge in [-0.25, -0.2) is 0 Å². The third-order valence-corrected chi connectivity index (χ3v) is 4.76. The standard InChI is InChI=1S/C18H43N6/c1-20(2)10-7-12-22-16-19-17-23(18-22)13-9-15-24(5,6)14-8-11-21(3)4/h19H,7-18H2,1-6H3/q+1. The summed E-state index contributed by atoms with van der Waals surface area (Å²) in [5, 5.41) is 3.55. The second-order valence-electron chi connectivity index (χ2n) is 8.55. The smallest absolute Gasteiger partial charge is 0.0794 e. The zero-order valence-corrected chi connectivity index (χ0v) is 17.2. The van der Waals surface area contributed by atoms with Gasteiger partial charge in [0.25, 0.3) is 0 Å². The van der Waals surface area contributed by atoms with Crippen molar-refractivity contribution < 1.29 is 4.48 Å². The molecule has 1 rings (SSSR count). The summed E-state index contributed by atoms with van der Waals surface area (Å²) in [5.41, 5.74) is 0. The zero-order chi connectivity index (χ0) is 18.0. The van der Waals surface area contributed by atoms with Crippen molar-refractivity contribution in [2.75, 3.05) is 102 Å². The summed E-state index contributed by atoms with van der Waals surface area (Å²) < 4.78 is 1.14. The number of quaternary nitrogens is 1. The van der Waals surface area contributed by atoms with Crippen LogP contribution in [0.15, 0.2) is 0 Å². The van der Waals surface area contributed by atoms with E-state index in [1.807, 2.05) is 0 Å². The van der Waals surface area contributed by atoms with Crippen LogP contribution < -0.4 is 5.32 Å². The highest BCUT2D eigenvalue weighted by Crippen LogP contribution is 2.05. The first-order valence-electron chi connectivity index (χ1n) is 9.55. The van der Waals surface area contributed by atoms with Crippen molar-refractivity contribution in [3.63, 3.8) is 0 Å². The van der Waals surface area contributed by atoms with Crippen LogP contribution in [0.1, 0.15) is 19.3 Å². The van der Waals surface area contributed by atoms with Gasteiger partial charge in [-0.2, -0.15) is 0 Å². The van der Waals surface area contributed by atoms with Crippen LogP contribution in [0.4, 0.5) is 0 Å². The molecule has 0 radical (unpaired) electrons. The number of rotatable bonds is 12. The summed E-state index contributed by atoms with van der Waals surface area (Å²) in [4.78, 5) is 9.64. The van der Waals surface area contributed by atoms with Gasteiger partial charge in [-0.15, -0.1) is 0 Å². The van der Waals surface area contributed by atoms with E-state index in [-0.39, 0.29) is 0 Å². The van der Waals surface area contributed by atoms with Crippen molar-refractivity contribution in [1.29, 1.82) is 0 Å². The fourth-order valence-electron chi connectivity index (χ4n) is 3.31. The van der Waals surface area contributed by atoms with Crippen LogP contribution in [0.3, 0.4) is 0 Å². The number of nitrogens with zero attached hydrogens (tertiary/aromatic N) is 5. The van der Waals surface area contributed by atoms with Crippen molar-refractivity contribution in [3.05, 3.63) is 0 Å². The van der Waals surface area contributed by atoms with E-state index in [1.54, 1.807) is 0 Å². The average Bonchev–Trinajstić information content (AvgIpc) is 2.46. The Balaban J connectivity index is 2.16. The molecule has 1 aliphatic heterocycles. The number of hydrogen-bond donors (Lipinski definition) is 1. The molecular formula is C18H43N6+. The molecule has 0 amide bonds. The molecule has 0 bridgehead atoms. The lowest BCUT2D eigenvalue weighted by atomic mass is 10.3. The normalized spacial score (nSPS) is 18.0. The van der Waals surface area contributed by atoms with E-state index in [1.165, 1.54) is 58.5 Å². The van der Waals surface area contributed by atoms with Crippen molar-refractivity contribution >= 4 is 0 Å². The van der Waals surface area contributed by atoms with Crippen LogP contribution >= 0.6 is 0 Å². The molecule has 1 aliphatic rings. The Bertz CT molecular complexity index is 319. The molecule has 0 saturated carbocycles. The van der Waals surface area contributed by atoms with Crippen LogP contribution in [0.25, 0.3) is 0 Å². The Morgan fingerprint density at radius 3 is 1.88 bits per heavy atom. The van der Waals surface area contributed by atoms with E-state index in [0.717, 1.165) is 24.5 Å². The first-order valence-corrected chi connectivity index (χ1v) is 9.55. The first-order chi connectivity index (χ1) is 11.3. The highest BCUT2D eigenvalue weighted by molar-refractivity contribution is 4.66. The Morgan fingerprint density at radius 2 is 1.29 bits per heavy atom. The molecule has 0 spiro atoms. The fraction of sp³-hybridized carbons (Fsp3) is 1.00. The molecule has 24 heavy (non-hydrogen) atoms. The maximum atomic E-state index is 3.55. The van der Waals surface area contributed by atoms with Crippen LogP contribution in [-0.4, -0.2) is 126 Å². The SMILES string of the molecule is CN(C)CCCN1CNCN(CCC[N+](C)(C)CCCN(C)C)C1. The molecule has 0 unspecified atom stereocenters. The Hall–Kier alpha value is -0.240. The summed E-state index contributed by atoms with van der Waals surface area (Å²) in [6, 6.07) is 0. The summed E-state index contributed by atoms with van der Waals surface area (Å²) in [5.74, 6) is 0. The van der Waals surface area contributed by atoms with E-state index in [2.05, 4.69) is 67.2 Å².